The first-order chi connectivity index (χ1) is 12.9. The van der Waals surface area contributed by atoms with E-state index in [-0.39, 0.29) is 12.0 Å². The fourth-order valence-electron chi connectivity index (χ4n) is 2.33. The summed E-state index contributed by atoms with van der Waals surface area (Å²) in [5.41, 5.74) is 1.58. The van der Waals surface area contributed by atoms with E-state index in [1.807, 2.05) is 0 Å². The molecule has 6 heteroatoms. The van der Waals surface area contributed by atoms with E-state index in [1.54, 1.807) is 76.6 Å². The average Bonchev–Trinajstić information content (AvgIpc) is 2.65. The predicted octanol–water partition coefficient (Wildman–Crippen LogP) is 3.92. The summed E-state index contributed by atoms with van der Waals surface area (Å²) in [6, 6.07) is 11.9. The summed E-state index contributed by atoms with van der Waals surface area (Å²) in [6.07, 6.45) is 2.81. The van der Waals surface area contributed by atoms with Gasteiger partial charge in [0, 0.05) is 17.3 Å². The fourth-order valence-corrected chi connectivity index (χ4v) is 2.33. The minimum absolute atomic E-state index is 0.212. The number of carbonyl (C=O) groups is 2. The SMILES string of the molecule is COc1ccc(OC)c(/C=C/C(=O)Nc2cccc(C(=O)OC(C)C)c2)c1. The van der Waals surface area contributed by atoms with Crippen molar-refractivity contribution in [2.24, 2.45) is 0 Å². The van der Waals surface area contributed by atoms with Crippen LogP contribution < -0.4 is 14.8 Å². The van der Waals surface area contributed by atoms with Crippen LogP contribution in [0.15, 0.2) is 48.5 Å². The van der Waals surface area contributed by atoms with Gasteiger partial charge < -0.3 is 19.5 Å². The van der Waals surface area contributed by atoms with Gasteiger partial charge in [-0.1, -0.05) is 6.07 Å². The molecule has 0 bridgehead atoms. The van der Waals surface area contributed by atoms with Crippen molar-refractivity contribution in [2.45, 2.75) is 20.0 Å². The lowest BCUT2D eigenvalue weighted by Gasteiger charge is -2.09. The molecule has 0 heterocycles. The Balaban J connectivity index is 2.10. The number of anilines is 1. The van der Waals surface area contributed by atoms with Gasteiger partial charge >= 0.3 is 5.97 Å². The molecule has 0 spiro atoms. The van der Waals surface area contributed by atoms with Gasteiger partial charge in [-0.2, -0.15) is 0 Å². The lowest BCUT2D eigenvalue weighted by atomic mass is 10.1. The molecular weight excluding hydrogens is 346 g/mol. The van der Waals surface area contributed by atoms with E-state index in [1.165, 1.54) is 6.08 Å². The van der Waals surface area contributed by atoms with E-state index in [0.717, 1.165) is 0 Å². The van der Waals surface area contributed by atoms with Gasteiger partial charge in [0.2, 0.25) is 5.91 Å². The van der Waals surface area contributed by atoms with E-state index < -0.39 is 5.97 Å². The van der Waals surface area contributed by atoms with Crippen LogP contribution in [-0.2, 0) is 9.53 Å². The monoisotopic (exact) mass is 369 g/mol. The van der Waals surface area contributed by atoms with Crippen molar-refractivity contribution in [3.8, 4) is 11.5 Å². The predicted molar refractivity (Wildman–Crippen MR) is 104 cm³/mol. The quantitative estimate of drug-likeness (QED) is 0.591. The smallest absolute Gasteiger partial charge is 0.338 e. The topological polar surface area (TPSA) is 73.9 Å². The summed E-state index contributed by atoms with van der Waals surface area (Å²) in [5.74, 6) is 0.512. The third kappa shape index (κ3) is 5.88. The maximum absolute atomic E-state index is 12.2. The zero-order valence-electron chi connectivity index (χ0n) is 15.8. The van der Waals surface area contributed by atoms with E-state index in [2.05, 4.69) is 5.32 Å². The summed E-state index contributed by atoms with van der Waals surface area (Å²) >= 11 is 0. The van der Waals surface area contributed by atoms with Crippen LogP contribution in [-0.4, -0.2) is 32.2 Å². The molecule has 0 atom stereocenters. The normalized spacial score (nSPS) is 10.7. The highest BCUT2D eigenvalue weighted by Crippen LogP contribution is 2.25. The highest BCUT2D eigenvalue weighted by Gasteiger charge is 2.10. The minimum Gasteiger partial charge on any atom is -0.497 e. The van der Waals surface area contributed by atoms with Gasteiger partial charge in [0.05, 0.1) is 25.9 Å². The molecule has 1 N–H and O–H groups in total. The number of ether oxygens (including phenoxy) is 3. The van der Waals surface area contributed by atoms with Crippen molar-refractivity contribution in [1.82, 2.24) is 0 Å². The summed E-state index contributed by atoms with van der Waals surface area (Å²) < 4.78 is 15.6. The zero-order valence-corrected chi connectivity index (χ0v) is 15.8. The van der Waals surface area contributed by atoms with Crippen LogP contribution in [0.25, 0.3) is 6.08 Å². The number of carbonyl (C=O) groups excluding carboxylic acids is 2. The molecule has 27 heavy (non-hydrogen) atoms. The Kier molecular flexibility index (Phi) is 7.00. The number of nitrogens with one attached hydrogen (secondary N) is 1. The number of rotatable bonds is 7. The Bertz CT molecular complexity index is 842. The largest absolute Gasteiger partial charge is 0.497 e. The van der Waals surface area contributed by atoms with Gasteiger partial charge in [-0.15, -0.1) is 0 Å². The molecule has 2 aromatic rings. The molecule has 0 fully saturated rings. The maximum Gasteiger partial charge on any atom is 0.338 e. The van der Waals surface area contributed by atoms with Crippen molar-refractivity contribution in [1.29, 1.82) is 0 Å². The zero-order chi connectivity index (χ0) is 19.8. The molecule has 0 aliphatic carbocycles. The second-order valence-corrected chi connectivity index (χ2v) is 5.97. The summed E-state index contributed by atoms with van der Waals surface area (Å²) in [7, 11) is 3.13. The Morgan fingerprint density at radius 1 is 1.04 bits per heavy atom. The number of methoxy groups -OCH3 is 2. The maximum atomic E-state index is 12.2. The summed E-state index contributed by atoms with van der Waals surface area (Å²) in [5, 5.41) is 2.72. The molecule has 0 aliphatic rings. The first-order valence-corrected chi connectivity index (χ1v) is 8.45. The molecular formula is C21H23NO5. The third-order valence-electron chi connectivity index (χ3n) is 3.56. The molecule has 0 aromatic heterocycles. The van der Waals surface area contributed by atoms with Crippen LogP contribution in [0.5, 0.6) is 11.5 Å². The number of amides is 1. The van der Waals surface area contributed by atoms with Gasteiger partial charge in [-0.25, -0.2) is 4.79 Å². The minimum atomic E-state index is -0.433. The van der Waals surface area contributed by atoms with Crippen LogP contribution >= 0.6 is 0 Å². The van der Waals surface area contributed by atoms with Gasteiger partial charge in [0.15, 0.2) is 0 Å². The number of benzene rings is 2. The highest BCUT2D eigenvalue weighted by atomic mass is 16.5. The Morgan fingerprint density at radius 3 is 2.48 bits per heavy atom. The van der Waals surface area contributed by atoms with Crippen molar-refractivity contribution in [3.05, 3.63) is 59.7 Å². The molecule has 0 saturated carbocycles. The van der Waals surface area contributed by atoms with Crippen LogP contribution in [0, 0.1) is 0 Å². The van der Waals surface area contributed by atoms with Crippen molar-refractivity contribution in [2.75, 3.05) is 19.5 Å². The first-order valence-electron chi connectivity index (χ1n) is 8.45. The number of esters is 1. The summed E-state index contributed by atoms with van der Waals surface area (Å²) in [4.78, 5) is 24.2. The molecule has 0 aliphatic heterocycles. The van der Waals surface area contributed by atoms with Crippen LogP contribution in [0.2, 0.25) is 0 Å². The molecule has 0 radical (unpaired) electrons. The third-order valence-corrected chi connectivity index (χ3v) is 3.56. The van der Waals surface area contributed by atoms with E-state index in [9.17, 15) is 9.59 Å². The average molecular weight is 369 g/mol. The first kappa shape index (κ1) is 20.0. The van der Waals surface area contributed by atoms with Crippen molar-refractivity contribution in [3.63, 3.8) is 0 Å². The Morgan fingerprint density at radius 2 is 1.81 bits per heavy atom. The van der Waals surface area contributed by atoms with Crippen molar-refractivity contribution < 1.29 is 23.8 Å². The van der Waals surface area contributed by atoms with E-state index in [4.69, 9.17) is 14.2 Å². The number of hydrogen-bond acceptors (Lipinski definition) is 5. The molecule has 2 rings (SSSR count). The van der Waals surface area contributed by atoms with Crippen molar-refractivity contribution >= 4 is 23.6 Å². The second kappa shape index (κ2) is 9.43. The number of hydrogen-bond donors (Lipinski definition) is 1. The highest BCUT2D eigenvalue weighted by molar-refractivity contribution is 6.02. The lowest BCUT2D eigenvalue weighted by molar-refractivity contribution is -0.111. The Labute approximate surface area is 158 Å². The Hall–Kier alpha value is -3.28. The van der Waals surface area contributed by atoms with Gasteiger partial charge in [-0.3, -0.25) is 4.79 Å². The summed E-state index contributed by atoms with van der Waals surface area (Å²) in [6.45, 7) is 3.56. The molecule has 2 aromatic carbocycles. The van der Waals surface area contributed by atoms with Gasteiger partial charge in [0.25, 0.3) is 0 Å². The van der Waals surface area contributed by atoms with Gasteiger partial charge in [-0.05, 0) is 56.3 Å². The van der Waals surface area contributed by atoms with Crippen LogP contribution in [0.3, 0.4) is 0 Å². The second-order valence-electron chi connectivity index (χ2n) is 5.97. The van der Waals surface area contributed by atoms with Gasteiger partial charge in [0.1, 0.15) is 11.5 Å². The van der Waals surface area contributed by atoms with E-state index >= 15 is 0 Å². The molecule has 6 nitrogen and oxygen atoms in total. The molecule has 0 unspecified atom stereocenters. The lowest BCUT2D eigenvalue weighted by Crippen LogP contribution is -2.13. The van der Waals surface area contributed by atoms with E-state index in [0.29, 0.717) is 28.3 Å². The molecule has 142 valence electrons. The van der Waals surface area contributed by atoms with Crippen LogP contribution in [0.4, 0.5) is 5.69 Å². The molecule has 1 amide bonds. The molecule has 0 saturated heterocycles. The van der Waals surface area contributed by atoms with Crippen LogP contribution in [0.1, 0.15) is 29.8 Å². The standard InChI is InChI=1S/C21H23NO5/c1-14(2)27-21(24)16-6-5-7-17(12-16)22-20(23)11-8-15-13-18(25-3)9-10-19(15)26-4/h5-14H,1-4H3,(H,22,23)/b11-8+. The fraction of sp³-hybridized carbons (Fsp3) is 0.238.